The molecule has 0 unspecified atom stereocenters. The first kappa shape index (κ1) is 17.7. The van der Waals surface area contributed by atoms with E-state index < -0.39 is 0 Å². The molecule has 0 saturated carbocycles. The number of carbonyl (C=O) groups excluding carboxylic acids is 2. The van der Waals surface area contributed by atoms with Crippen molar-refractivity contribution in [2.45, 2.75) is 19.9 Å². The van der Waals surface area contributed by atoms with Gasteiger partial charge in [0.2, 0.25) is 5.88 Å². The van der Waals surface area contributed by atoms with E-state index in [1.54, 1.807) is 23.5 Å². The van der Waals surface area contributed by atoms with Crippen LogP contribution in [0.2, 0.25) is 0 Å². The molecule has 2 rings (SSSR count). The zero-order valence-electron chi connectivity index (χ0n) is 13.5. The molecule has 24 heavy (non-hydrogen) atoms. The number of anilines is 1. The number of ether oxygens (including phenoxy) is 1. The highest BCUT2D eigenvalue weighted by atomic mass is 32.1. The lowest BCUT2D eigenvalue weighted by atomic mass is 10.3. The van der Waals surface area contributed by atoms with Crippen molar-refractivity contribution in [2.75, 3.05) is 18.5 Å². The average Bonchev–Trinajstić information content (AvgIpc) is 3.09. The predicted octanol–water partition coefficient (Wildman–Crippen LogP) is 2.54. The Morgan fingerprint density at radius 1 is 1.33 bits per heavy atom. The molecule has 3 N–H and O–H groups in total. The summed E-state index contributed by atoms with van der Waals surface area (Å²) in [5, 5.41) is 10.1. The van der Waals surface area contributed by atoms with Crippen LogP contribution in [0.1, 0.15) is 24.8 Å². The van der Waals surface area contributed by atoms with E-state index in [0.717, 1.165) is 4.88 Å². The summed E-state index contributed by atoms with van der Waals surface area (Å²) in [6.45, 7) is 4.17. The second kappa shape index (κ2) is 8.88. The van der Waals surface area contributed by atoms with Gasteiger partial charge in [-0.3, -0.25) is 4.79 Å². The zero-order chi connectivity index (χ0) is 17.4. The van der Waals surface area contributed by atoms with Gasteiger partial charge in [0, 0.05) is 17.5 Å². The first-order valence-corrected chi connectivity index (χ1v) is 8.43. The van der Waals surface area contributed by atoms with Crippen molar-refractivity contribution in [3.05, 3.63) is 40.7 Å². The third-order valence-electron chi connectivity index (χ3n) is 3.03. The molecule has 0 saturated heterocycles. The minimum Gasteiger partial charge on any atom is -0.468 e. The Hall–Kier alpha value is -2.61. The van der Waals surface area contributed by atoms with Crippen molar-refractivity contribution in [1.82, 2.24) is 15.6 Å². The zero-order valence-corrected chi connectivity index (χ0v) is 14.4. The third-order valence-corrected chi connectivity index (χ3v) is 4.09. The Morgan fingerprint density at radius 3 is 2.79 bits per heavy atom. The number of hydrogen-bond donors (Lipinski definition) is 3. The maximum Gasteiger partial charge on any atom is 0.319 e. The fourth-order valence-electron chi connectivity index (χ4n) is 1.91. The van der Waals surface area contributed by atoms with Crippen LogP contribution in [0.3, 0.4) is 0 Å². The summed E-state index contributed by atoms with van der Waals surface area (Å²) in [7, 11) is 0. The molecule has 3 amide bonds. The van der Waals surface area contributed by atoms with Crippen LogP contribution in [-0.2, 0) is 4.79 Å². The van der Waals surface area contributed by atoms with E-state index in [2.05, 4.69) is 20.9 Å². The van der Waals surface area contributed by atoms with Crippen molar-refractivity contribution in [3.8, 4) is 5.88 Å². The highest BCUT2D eigenvalue weighted by Gasteiger charge is 2.11. The Balaban J connectivity index is 1.77. The molecule has 0 spiro atoms. The van der Waals surface area contributed by atoms with Crippen molar-refractivity contribution in [1.29, 1.82) is 0 Å². The number of thiophene rings is 1. The van der Waals surface area contributed by atoms with Crippen molar-refractivity contribution in [2.24, 2.45) is 0 Å². The Labute approximate surface area is 144 Å². The highest BCUT2D eigenvalue weighted by Crippen LogP contribution is 2.18. The van der Waals surface area contributed by atoms with Crippen molar-refractivity contribution in [3.63, 3.8) is 0 Å². The smallest absolute Gasteiger partial charge is 0.319 e. The SMILES string of the molecule is CCNC(=O)Nc1ccc(OCC(=O)N[C@H](C)c2cccs2)nc1. The lowest BCUT2D eigenvalue weighted by Crippen LogP contribution is -2.31. The van der Waals surface area contributed by atoms with Gasteiger partial charge in [0.05, 0.1) is 17.9 Å². The van der Waals surface area contributed by atoms with Gasteiger partial charge >= 0.3 is 6.03 Å². The van der Waals surface area contributed by atoms with Crippen LogP contribution in [0, 0.1) is 0 Å². The predicted molar refractivity (Wildman–Crippen MR) is 93.3 cm³/mol. The number of nitrogens with zero attached hydrogens (tertiary/aromatic N) is 1. The maximum absolute atomic E-state index is 11.9. The first-order chi connectivity index (χ1) is 11.6. The van der Waals surface area contributed by atoms with E-state index in [-0.39, 0.29) is 24.6 Å². The molecular weight excluding hydrogens is 328 g/mol. The van der Waals surface area contributed by atoms with Crippen molar-refractivity contribution < 1.29 is 14.3 Å². The third kappa shape index (κ3) is 5.54. The maximum atomic E-state index is 11.9. The molecule has 0 aromatic carbocycles. The van der Waals surface area contributed by atoms with Gasteiger partial charge in [0.25, 0.3) is 5.91 Å². The van der Waals surface area contributed by atoms with Gasteiger partial charge in [-0.1, -0.05) is 6.07 Å². The molecule has 2 aromatic rings. The summed E-state index contributed by atoms with van der Waals surface area (Å²) in [4.78, 5) is 28.4. The molecule has 0 radical (unpaired) electrons. The molecule has 2 heterocycles. The average molecular weight is 348 g/mol. The van der Waals surface area contributed by atoms with E-state index >= 15 is 0 Å². The van der Waals surface area contributed by atoms with E-state index in [9.17, 15) is 9.59 Å². The van der Waals surface area contributed by atoms with E-state index in [0.29, 0.717) is 18.1 Å². The summed E-state index contributed by atoms with van der Waals surface area (Å²) in [5.74, 6) is 0.0950. The molecule has 0 aliphatic rings. The van der Waals surface area contributed by atoms with Crippen LogP contribution in [0.25, 0.3) is 0 Å². The molecule has 7 nitrogen and oxygen atoms in total. The summed E-state index contributed by atoms with van der Waals surface area (Å²) >= 11 is 1.59. The first-order valence-electron chi connectivity index (χ1n) is 7.55. The fourth-order valence-corrected chi connectivity index (χ4v) is 2.64. The molecule has 2 aromatic heterocycles. The van der Waals surface area contributed by atoms with Gasteiger partial charge in [-0.15, -0.1) is 11.3 Å². The van der Waals surface area contributed by atoms with E-state index in [4.69, 9.17) is 4.74 Å². The fraction of sp³-hybridized carbons (Fsp3) is 0.312. The van der Waals surface area contributed by atoms with Gasteiger partial charge in [-0.2, -0.15) is 0 Å². The van der Waals surface area contributed by atoms with E-state index in [1.165, 1.54) is 6.20 Å². The van der Waals surface area contributed by atoms with Gasteiger partial charge in [-0.25, -0.2) is 9.78 Å². The Morgan fingerprint density at radius 2 is 2.17 bits per heavy atom. The van der Waals surface area contributed by atoms with Crippen LogP contribution in [0.4, 0.5) is 10.5 Å². The molecule has 0 bridgehead atoms. The monoisotopic (exact) mass is 348 g/mol. The lowest BCUT2D eigenvalue weighted by molar-refractivity contribution is -0.123. The minimum absolute atomic E-state index is 0.0577. The normalized spacial score (nSPS) is 11.4. The summed E-state index contributed by atoms with van der Waals surface area (Å²) in [5.41, 5.74) is 0.545. The van der Waals surface area contributed by atoms with Crippen LogP contribution >= 0.6 is 11.3 Å². The molecule has 128 valence electrons. The number of aromatic nitrogens is 1. The second-order valence-corrected chi connectivity index (χ2v) is 5.94. The number of amides is 3. The number of carbonyl (C=O) groups is 2. The minimum atomic E-state index is -0.296. The number of pyridine rings is 1. The van der Waals surface area contributed by atoms with Crippen LogP contribution in [0.5, 0.6) is 5.88 Å². The number of nitrogens with one attached hydrogen (secondary N) is 3. The largest absolute Gasteiger partial charge is 0.468 e. The molecular formula is C16H20N4O3S. The van der Waals surface area contributed by atoms with Gasteiger partial charge < -0.3 is 20.7 Å². The second-order valence-electron chi connectivity index (χ2n) is 4.96. The van der Waals surface area contributed by atoms with Crippen molar-refractivity contribution >= 4 is 29.0 Å². The van der Waals surface area contributed by atoms with Gasteiger partial charge in [0.1, 0.15) is 0 Å². The highest BCUT2D eigenvalue weighted by molar-refractivity contribution is 7.10. The summed E-state index contributed by atoms with van der Waals surface area (Å²) in [6.07, 6.45) is 1.47. The number of hydrogen-bond acceptors (Lipinski definition) is 5. The summed E-state index contributed by atoms with van der Waals surface area (Å²) < 4.78 is 5.35. The molecule has 0 aliphatic heterocycles. The van der Waals surface area contributed by atoms with Crippen LogP contribution in [0.15, 0.2) is 35.8 Å². The Kier molecular flexibility index (Phi) is 6.56. The number of urea groups is 1. The molecule has 1 atom stereocenters. The summed E-state index contributed by atoms with van der Waals surface area (Å²) in [6, 6.07) is 6.81. The van der Waals surface area contributed by atoms with Gasteiger partial charge in [0.15, 0.2) is 6.61 Å². The number of rotatable bonds is 7. The standard InChI is InChI=1S/C16H20N4O3S/c1-3-17-16(22)20-12-6-7-15(18-9-12)23-10-14(21)19-11(2)13-5-4-8-24-13/h4-9,11H,3,10H2,1-2H3,(H,19,21)(H2,17,20,22)/t11-/m1/s1. The molecule has 0 aliphatic carbocycles. The lowest BCUT2D eigenvalue weighted by Gasteiger charge is -2.12. The molecule has 0 fully saturated rings. The van der Waals surface area contributed by atoms with E-state index in [1.807, 2.05) is 31.4 Å². The van der Waals surface area contributed by atoms with Crippen LogP contribution < -0.4 is 20.7 Å². The van der Waals surface area contributed by atoms with Crippen LogP contribution in [-0.4, -0.2) is 30.1 Å². The molecule has 8 heteroatoms. The Bertz CT molecular complexity index is 658. The quantitative estimate of drug-likeness (QED) is 0.717. The van der Waals surface area contributed by atoms with Gasteiger partial charge in [-0.05, 0) is 31.4 Å². The topological polar surface area (TPSA) is 92.4 Å².